The van der Waals surface area contributed by atoms with Crippen molar-refractivity contribution < 1.29 is 22.6 Å². The first-order valence-corrected chi connectivity index (χ1v) is 5.01. The van der Waals surface area contributed by atoms with E-state index in [4.69, 9.17) is 4.74 Å². The maximum absolute atomic E-state index is 11.7. The van der Waals surface area contributed by atoms with Crippen LogP contribution in [0.3, 0.4) is 0 Å². The largest absolute Gasteiger partial charge is 0.522 e. The highest BCUT2D eigenvalue weighted by atomic mass is 19.4. The number of rotatable bonds is 5. The van der Waals surface area contributed by atoms with Crippen LogP contribution >= 0.6 is 0 Å². The van der Waals surface area contributed by atoms with E-state index in [1.54, 1.807) is 12.1 Å². The second-order valence-electron chi connectivity index (χ2n) is 3.40. The third-order valence-electron chi connectivity index (χ3n) is 2.13. The van der Waals surface area contributed by atoms with E-state index in [0.29, 0.717) is 5.75 Å². The molecule has 0 atom stereocenters. The first kappa shape index (κ1) is 13.6. The molecule has 0 aliphatic carbocycles. The molecule has 0 saturated carbocycles. The van der Waals surface area contributed by atoms with Gasteiger partial charge in [-0.25, -0.2) is 0 Å². The predicted octanol–water partition coefficient (Wildman–Crippen LogP) is 2.95. The Kier molecular flexibility index (Phi) is 4.62. The SMILES string of the molecule is COc1ccc(C)c(NCCOC(F)(F)F)c1. The lowest BCUT2D eigenvalue weighted by molar-refractivity contribution is -0.322. The first-order valence-electron chi connectivity index (χ1n) is 5.01. The van der Waals surface area contributed by atoms with Crippen LogP contribution in [0.15, 0.2) is 18.2 Å². The molecule has 0 spiro atoms. The quantitative estimate of drug-likeness (QED) is 0.814. The Morgan fingerprint density at radius 3 is 2.59 bits per heavy atom. The van der Waals surface area contributed by atoms with Crippen LogP contribution in [0.2, 0.25) is 0 Å². The van der Waals surface area contributed by atoms with E-state index in [-0.39, 0.29) is 6.54 Å². The topological polar surface area (TPSA) is 30.5 Å². The van der Waals surface area contributed by atoms with Gasteiger partial charge in [0.25, 0.3) is 0 Å². The van der Waals surface area contributed by atoms with Gasteiger partial charge in [0, 0.05) is 18.3 Å². The summed E-state index contributed by atoms with van der Waals surface area (Å²) in [5.74, 6) is 0.648. The fraction of sp³-hybridized carbons (Fsp3) is 0.455. The molecule has 0 unspecified atom stereocenters. The van der Waals surface area contributed by atoms with Gasteiger partial charge in [-0.05, 0) is 18.6 Å². The minimum atomic E-state index is -4.58. The highest BCUT2D eigenvalue weighted by Crippen LogP contribution is 2.21. The van der Waals surface area contributed by atoms with Crippen molar-refractivity contribution in [3.05, 3.63) is 23.8 Å². The molecule has 3 nitrogen and oxygen atoms in total. The van der Waals surface area contributed by atoms with Crippen LogP contribution in [0.1, 0.15) is 5.56 Å². The van der Waals surface area contributed by atoms with Crippen molar-refractivity contribution in [2.24, 2.45) is 0 Å². The van der Waals surface area contributed by atoms with Crippen molar-refractivity contribution in [3.63, 3.8) is 0 Å². The fourth-order valence-corrected chi connectivity index (χ4v) is 1.27. The van der Waals surface area contributed by atoms with Gasteiger partial charge in [0.05, 0.1) is 13.7 Å². The van der Waals surface area contributed by atoms with Crippen LogP contribution in [0, 0.1) is 6.92 Å². The Bertz CT molecular complexity index is 366. The molecule has 0 bridgehead atoms. The number of benzene rings is 1. The van der Waals surface area contributed by atoms with Gasteiger partial charge in [0.15, 0.2) is 0 Å². The molecule has 0 saturated heterocycles. The van der Waals surface area contributed by atoms with Gasteiger partial charge in [0.2, 0.25) is 0 Å². The van der Waals surface area contributed by atoms with Gasteiger partial charge in [0.1, 0.15) is 5.75 Å². The molecular formula is C11H14F3NO2. The summed E-state index contributed by atoms with van der Waals surface area (Å²) in [6.07, 6.45) is -4.58. The zero-order chi connectivity index (χ0) is 12.9. The Hall–Kier alpha value is -1.43. The summed E-state index contributed by atoms with van der Waals surface area (Å²) in [7, 11) is 1.53. The molecule has 1 aromatic carbocycles. The van der Waals surface area contributed by atoms with E-state index in [1.807, 2.05) is 13.0 Å². The smallest absolute Gasteiger partial charge is 0.497 e. The number of hydrogen-bond acceptors (Lipinski definition) is 3. The normalized spacial score (nSPS) is 11.4. The van der Waals surface area contributed by atoms with Crippen LogP contribution in [0.5, 0.6) is 5.75 Å². The highest BCUT2D eigenvalue weighted by Gasteiger charge is 2.28. The summed E-state index contributed by atoms with van der Waals surface area (Å²) in [5.41, 5.74) is 1.66. The van der Waals surface area contributed by atoms with Crippen molar-refractivity contribution in [1.82, 2.24) is 0 Å². The minimum Gasteiger partial charge on any atom is -0.497 e. The molecule has 6 heteroatoms. The molecule has 96 valence electrons. The number of alkyl halides is 3. The molecule has 1 N–H and O–H groups in total. The summed E-state index contributed by atoms with van der Waals surface area (Å²) in [5, 5.41) is 2.86. The monoisotopic (exact) mass is 249 g/mol. The van der Waals surface area contributed by atoms with Gasteiger partial charge in [-0.2, -0.15) is 0 Å². The van der Waals surface area contributed by atoms with E-state index >= 15 is 0 Å². The number of aryl methyl sites for hydroxylation is 1. The number of halogens is 3. The minimum absolute atomic E-state index is 0.0769. The zero-order valence-electron chi connectivity index (χ0n) is 9.60. The van der Waals surface area contributed by atoms with E-state index in [0.717, 1.165) is 11.3 Å². The van der Waals surface area contributed by atoms with Crippen LogP contribution in [-0.4, -0.2) is 26.6 Å². The third-order valence-corrected chi connectivity index (χ3v) is 2.13. The molecule has 0 fully saturated rings. The van der Waals surface area contributed by atoms with E-state index in [9.17, 15) is 13.2 Å². The zero-order valence-corrected chi connectivity index (χ0v) is 9.60. The van der Waals surface area contributed by atoms with Crippen LogP contribution in [0.4, 0.5) is 18.9 Å². The Morgan fingerprint density at radius 2 is 2.00 bits per heavy atom. The maximum atomic E-state index is 11.7. The number of hydrogen-bond donors (Lipinski definition) is 1. The molecule has 0 amide bonds. The predicted molar refractivity (Wildman–Crippen MR) is 58.2 cm³/mol. The van der Waals surface area contributed by atoms with Crippen LogP contribution in [-0.2, 0) is 4.74 Å². The van der Waals surface area contributed by atoms with Gasteiger partial charge in [-0.1, -0.05) is 6.07 Å². The van der Waals surface area contributed by atoms with Gasteiger partial charge >= 0.3 is 6.36 Å². The van der Waals surface area contributed by atoms with E-state index < -0.39 is 13.0 Å². The van der Waals surface area contributed by atoms with Crippen molar-refractivity contribution in [2.45, 2.75) is 13.3 Å². The lowest BCUT2D eigenvalue weighted by Crippen LogP contribution is -2.19. The molecule has 0 heterocycles. The fourth-order valence-electron chi connectivity index (χ4n) is 1.27. The summed E-state index contributed by atoms with van der Waals surface area (Å²) < 4.78 is 43.8. The molecule has 0 aliphatic heterocycles. The summed E-state index contributed by atoms with van der Waals surface area (Å²) in [4.78, 5) is 0. The lowest BCUT2D eigenvalue weighted by atomic mass is 10.2. The second-order valence-corrected chi connectivity index (χ2v) is 3.40. The molecule has 0 aromatic heterocycles. The van der Waals surface area contributed by atoms with Crippen molar-refractivity contribution >= 4 is 5.69 Å². The Labute approximate surface area is 97.5 Å². The van der Waals surface area contributed by atoms with Crippen molar-refractivity contribution in [2.75, 3.05) is 25.6 Å². The molecular weight excluding hydrogens is 235 g/mol. The number of ether oxygens (including phenoxy) is 2. The van der Waals surface area contributed by atoms with Crippen LogP contribution in [0.25, 0.3) is 0 Å². The average molecular weight is 249 g/mol. The summed E-state index contributed by atoms with van der Waals surface area (Å²) in [6, 6.07) is 5.33. The van der Waals surface area contributed by atoms with Gasteiger partial charge in [-0.3, -0.25) is 4.74 Å². The van der Waals surface area contributed by atoms with Crippen molar-refractivity contribution in [1.29, 1.82) is 0 Å². The van der Waals surface area contributed by atoms with Crippen molar-refractivity contribution in [3.8, 4) is 5.75 Å². The summed E-state index contributed by atoms with van der Waals surface area (Å²) in [6.45, 7) is 1.50. The average Bonchev–Trinajstić information content (AvgIpc) is 2.25. The summed E-state index contributed by atoms with van der Waals surface area (Å²) >= 11 is 0. The Morgan fingerprint density at radius 1 is 1.29 bits per heavy atom. The first-order chi connectivity index (χ1) is 7.92. The van der Waals surface area contributed by atoms with E-state index in [1.165, 1.54) is 7.11 Å². The molecule has 1 rings (SSSR count). The van der Waals surface area contributed by atoms with E-state index in [2.05, 4.69) is 10.1 Å². The number of nitrogens with one attached hydrogen (secondary N) is 1. The van der Waals surface area contributed by atoms with Gasteiger partial charge < -0.3 is 10.1 Å². The maximum Gasteiger partial charge on any atom is 0.522 e. The molecule has 0 aliphatic rings. The highest BCUT2D eigenvalue weighted by molar-refractivity contribution is 5.54. The second kappa shape index (κ2) is 5.77. The standard InChI is InChI=1S/C11H14F3NO2/c1-8-3-4-9(16-2)7-10(8)15-5-6-17-11(12,13)14/h3-4,7,15H,5-6H2,1-2H3. The van der Waals surface area contributed by atoms with Crippen LogP contribution < -0.4 is 10.1 Å². The molecule has 17 heavy (non-hydrogen) atoms. The Balaban J connectivity index is 2.46. The number of anilines is 1. The van der Waals surface area contributed by atoms with Gasteiger partial charge in [-0.15, -0.1) is 13.2 Å². The molecule has 0 radical (unpaired) electrons. The third kappa shape index (κ3) is 4.95. The molecule has 1 aromatic rings. The number of methoxy groups -OCH3 is 1. The lowest BCUT2D eigenvalue weighted by Gasteiger charge is -2.12.